The maximum atomic E-state index is 12.6. The van der Waals surface area contributed by atoms with Crippen molar-refractivity contribution >= 4 is 35.0 Å². The second-order valence-corrected chi connectivity index (χ2v) is 7.69. The highest BCUT2D eigenvalue weighted by molar-refractivity contribution is 6.30. The van der Waals surface area contributed by atoms with Gasteiger partial charge < -0.3 is 10.6 Å². The van der Waals surface area contributed by atoms with Gasteiger partial charge in [-0.15, -0.1) is 0 Å². The van der Waals surface area contributed by atoms with Gasteiger partial charge in [0.05, 0.1) is 11.1 Å². The zero-order valence-corrected chi connectivity index (χ0v) is 17.8. The maximum absolute atomic E-state index is 12.6. The number of carbonyl (C=O) groups is 2. The van der Waals surface area contributed by atoms with Gasteiger partial charge in [0.1, 0.15) is 0 Å². The Hall–Kier alpha value is -2.82. The van der Waals surface area contributed by atoms with Gasteiger partial charge in [-0.05, 0) is 60.4 Å². The molecule has 0 spiro atoms. The lowest BCUT2D eigenvalue weighted by molar-refractivity contribution is 0.0920. The first-order chi connectivity index (χ1) is 14.5. The second kappa shape index (κ2) is 10.8. The average Bonchev–Trinajstić information content (AvgIpc) is 2.74. The summed E-state index contributed by atoms with van der Waals surface area (Å²) >= 11 is 12.0. The van der Waals surface area contributed by atoms with Crippen molar-refractivity contribution in [1.82, 2.24) is 10.6 Å². The highest BCUT2D eigenvalue weighted by Gasteiger charge is 2.16. The number of rotatable bonds is 8. The molecule has 0 fully saturated rings. The number of hydrogen-bond donors (Lipinski definition) is 2. The number of carbonyl (C=O) groups excluding carboxylic acids is 2. The lowest BCUT2D eigenvalue weighted by Gasteiger charge is -2.11. The number of benzene rings is 3. The molecule has 0 aliphatic rings. The Morgan fingerprint density at radius 3 is 1.47 bits per heavy atom. The molecule has 0 aliphatic heterocycles. The van der Waals surface area contributed by atoms with E-state index in [9.17, 15) is 9.59 Å². The van der Waals surface area contributed by atoms with Crippen LogP contribution in [0.2, 0.25) is 10.0 Å². The van der Waals surface area contributed by atoms with Crippen molar-refractivity contribution in [2.75, 3.05) is 13.1 Å². The number of nitrogens with one attached hydrogen (secondary N) is 2. The van der Waals surface area contributed by atoms with Crippen LogP contribution in [0.15, 0.2) is 72.8 Å². The van der Waals surface area contributed by atoms with E-state index in [0.29, 0.717) is 47.1 Å². The van der Waals surface area contributed by atoms with Crippen LogP contribution in [0.1, 0.15) is 31.8 Å². The normalized spacial score (nSPS) is 10.5. The van der Waals surface area contributed by atoms with Gasteiger partial charge in [0.15, 0.2) is 0 Å². The number of hydrogen-bond acceptors (Lipinski definition) is 2. The van der Waals surface area contributed by atoms with Crippen LogP contribution in [0.4, 0.5) is 0 Å². The molecule has 0 saturated heterocycles. The van der Waals surface area contributed by atoms with Crippen molar-refractivity contribution in [2.45, 2.75) is 12.8 Å². The van der Waals surface area contributed by atoms with Crippen molar-refractivity contribution in [3.8, 4) is 0 Å². The highest BCUT2D eigenvalue weighted by Crippen LogP contribution is 2.13. The topological polar surface area (TPSA) is 58.2 Å². The lowest BCUT2D eigenvalue weighted by atomic mass is 10.1. The molecule has 0 heterocycles. The third kappa shape index (κ3) is 6.34. The summed E-state index contributed by atoms with van der Waals surface area (Å²) in [4.78, 5) is 25.3. The Bertz CT molecular complexity index is 954. The molecule has 2 N–H and O–H groups in total. The molecule has 0 saturated carbocycles. The van der Waals surface area contributed by atoms with Crippen molar-refractivity contribution in [1.29, 1.82) is 0 Å². The average molecular weight is 441 g/mol. The van der Waals surface area contributed by atoms with Crippen LogP contribution in [-0.4, -0.2) is 24.9 Å². The molecule has 0 bridgehead atoms. The third-order valence-electron chi connectivity index (χ3n) is 4.59. The van der Waals surface area contributed by atoms with Crippen molar-refractivity contribution in [2.24, 2.45) is 0 Å². The summed E-state index contributed by atoms with van der Waals surface area (Å²) in [5.74, 6) is -0.560. The first-order valence-electron chi connectivity index (χ1n) is 9.67. The molecule has 0 aromatic heterocycles. The van der Waals surface area contributed by atoms with E-state index < -0.39 is 0 Å². The number of halogens is 2. The molecule has 2 amide bonds. The molecule has 3 rings (SSSR count). The second-order valence-electron chi connectivity index (χ2n) is 6.82. The van der Waals surface area contributed by atoms with E-state index in [1.165, 1.54) is 0 Å². The smallest absolute Gasteiger partial charge is 0.252 e. The van der Waals surface area contributed by atoms with E-state index in [2.05, 4.69) is 10.6 Å². The quantitative estimate of drug-likeness (QED) is 0.521. The zero-order chi connectivity index (χ0) is 21.3. The van der Waals surface area contributed by atoms with Gasteiger partial charge in [-0.3, -0.25) is 9.59 Å². The van der Waals surface area contributed by atoms with Crippen molar-refractivity contribution in [3.63, 3.8) is 0 Å². The van der Waals surface area contributed by atoms with E-state index in [1.54, 1.807) is 24.3 Å². The van der Waals surface area contributed by atoms with Gasteiger partial charge in [-0.2, -0.15) is 0 Å². The minimum absolute atomic E-state index is 0.280. The fraction of sp³-hybridized carbons (Fsp3) is 0.167. The summed E-state index contributed by atoms with van der Waals surface area (Å²) in [6.45, 7) is 0.897. The molecule has 4 nitrogen and oxygen atoms in total. The van der Waals surface area contributed by atoms with E-state index >= 15 is 0 Å². The van der Waals surface area contributed by atoms with Crippen molar-refractivity contribution < 1.29 is 9.59 Å². The Morgan fingerprint density at radius 1 is 0.633 bits per heavy atom. The minimum Gasteiger partial charge on any atom is -0.352 e. The van der Waals surface area contributed by atoms with Crippen LogP contribution in [0.25, 0.3) is 0 Å². The Morgan fingerprint density at radius 2 is 1.07 bits per heavy atom. The molecule has 6 heteroatoms. The molecule has 3 aromatic rings. The Labute approximate surface area is 186 Å². The predicted octanol–water partition coefficient (Wildman–Crippen LogP) is 4.94. The van der Waals surface area contributed by atoms with Crippen LogP contribution in [0.5, 0.6) is 0 Å². The SMILES string of the molecule is O=C(NCCc1cccc(Cl)c1)c1ccccc1C(=O)NCCc1cccc(Cl)c1. The van der Waals surface area contributed by atoms with E-state index in [0.717, 1.165) is 11.1 Å². The summed E-state index contributed by atoms with van der Waals surface area (Å²) in [5.41, 5.74) is 2.78. The molecule has 30 heavy (non-hydrogen) atoms. The van der Waals surface area contributed by atoms with E-state index in [1.807, 2.05) is 48.5 Å². The Balaban J connectivity index is 1.56. The standard InChI is InChI=1S/C24H22Cl2N2O2/c25-19-7-3-5-17(15-19)11-13-27-23(29)21-9-1-2-10-22(21)24(30)28-14-12-18-6-4-8-20(26)16-18/h1-10,15-16H,11-14H2,(H,27,29)(H,28,30). The zero-order valence-electron chi connectivity index (χ0n) is 16.3. The highest BCUT2D eigenvalue weighted by atomic mass is 35.5. The Kier molecular flexibility index (Phi) is 7.89. The summed E-state index contributed by atoms with van der Waals surface area (Å²) in [6, 6.07) is 21.8. The summed E-state index contributed by atoms with van der Waals surface area (Å²) in [5, 5.41) is 7.08. The minimum atomic E-state index is -0.280. The molecule has 3 aromatic carbocycles. The van der Waals surface area contributed by atoms with Crippen LogP contribution in [0.3, 0.4) is 0 Å². The van der Waals surface area contributed by atoms with Crippen LogP contribution in [0, 0.1) is 0 Å². The van der Waals surface area contributed by atoms with Crippen LogP contribution < -0.4 is 10.6 Å². The van der Waals surface area contributed by atoms with Gasteiger partial charge in [0.25, 0.3) is 11.8 Å². The van der Waals surface area contributed by atoms with E-state index in [-0.39, 0.29) is 11.8 Å². The first-order valence-corrected chi connectivity index (χ1v) is 10.4. The molecule has 0 radical (unpaired) electrons. The molecule has 0 atom stereocenters. The summed E-state index contributed by atoms with van der Waals surface area (Å²) in [6.07, 6.45) is 1.31. The lowest BCUT2D eigenvalue weighted by Crippen LogP contribution is -2.31. The van der Waals surface area contributed by atoms with Gasteiger partial charge in [-0.1, -0.05) is 59.6 Å². The first kappa shape index (κ1) is 21.9. The van der Waals surface area contributed by atoms with Gasteiger partial charge in [0.2, 0.25) is 0 Å². The summed E-state index contributed by atoms with van der Waals surface area (Å²) < 4.78 is 0. The molecule has 0 unspecified atom stereocenters. The van der Waals surface area contributed by atoms with Gasteiger partial charge >= 0.3 is 0 Å². The third-order valence-corrected chi connectivity index (χ3v) is 5.06. The fourth-order valence-corrected chi connectivity index (χ4v) is 3.52. The molecular formula is C24H22Cl2N2O2. The molecular weight excluding hydrogens is 419 g/mol. The molecule has 154 valence electrons. The molecule has 0 aliphatic carbocycles. The summed E-state index contributed by atoms with van der Waals surface area (Å²) in [7, 11) is 0. The van der Waals surface area contributed by atoms with Gasteiger partial charge in [-0.25, -0.2) is 0 Å². The largest absolute Gasteiger partial charge is 0.352 e. The van der Waals surface area contributed by atoms with Crippen molar-refractivity contribution in [3.05, 3.63) is 105 Å². The van der Waals surface area contributed by atoms with Crippen LogP contribution in [-0.2, 0) is 12.8 Å². The van der Waals surface area contributed by atoms with Gasteiger partial charge in [0, 0.05) is 23.1 Å². The van der Waals surface area contributed by atoms with Crippen LogP contribution >= 0.6 is 23.2 Å². The predicted molar refractivity (Wildman–Crippen MR) is 121 cm³/mol. The maximum Gasteiger partial charge on any atom is 0.252 e. The monoisotopic (exact) mass is 440 g/mol. The fourth-order valence-electron chi connectivity index (χ4n) is 3.10. The van der Waals surface area contributed by atoms with E-state index in [4.69, 9.17) is 23.2 Å². The number of amides is 2.